The fourth-order valence-electron chi connectivity index (χ4n) is 2.18. The Balaban J connectivity index is 2.42. The van der Waals surface area contributed by atoms with Crippen molar-refractivity contribution in [3.63, 3.8) is 0 Å². The van der Waals surface area contributed by atoms with E-state index in [1.165, 1.54) is 20.3 Å². The van der Waals surface area contributed by atoms with Crippen molar-refractivity contribution >= 4 is 11.5 Å². The molecule has 0 saturated carbocycles. The fraction of sp³-hybridized carbons (Fsp3) is 0.312. The van der Waals surface area contributed by atoms with E-state index in [1.54, 1.807) is 37.5 Å². The van der Waals surface area contributed by atoms with Crippen LogP contribution in [0.3, 0.4) is 0 Å². The lowest BCUT2D eigenvalue weighted by Gasteiger charge is -2.30. The van der Waals surface area contributed by atoms with E-state index in [4.69, 9.17) is 14.2 Å². The normalized spacial score (nSPS) is 19.5. The first-order chi connectivity index (χ1) is 10.0. The van der Waals surface area contributed by atoms with Crippen LogP contribution in [0.25, 0.3) is 5.76 Å². The van der Waals surface area contributed by atoms with Crippen LogP contribution in [0.2, 0.25) is 0 Å². The molecule has 0 saturated heterocycles. The number of methoxy groups -OCH3 is 3. The summed E-state index contributed by atoms with van der Waals surface area (Å²) in [4.78, 5) is 12.2. The first-order valence-corrected chi connectivity index (χ1v) is 6.45. The summed E-state index contributed by atoms with van der Waals surface area (Å²) in [6.07, 6.45) is 3.16. The molecule has 0 atom stereocenters. The zero-order chi connectivity index (χ0) is 15.5. The van der Waals surface area contributed by atoms with Crippen LogP contribution in [-0.4, -0.2) is 38.0 Å². The van der Waals surface area contributed by atoms with Gasteiger partial charge in [-0.1, -0.05) is 12.1 Å². The second-order valence-electron chi connectivity index (χ2n) is 4.65. The van der Waals surface area contributed by atoms with E-state index in [-0.39, 0.29) is 23.5 Å². The molecule has 1 aliphatic carbocycles. The molecule has 0 spiro atoms. The van der Waals surface area contributed by atoms with Crippen LogP contribution in [0.4, 0.5) is 0 Å². The summed E-state index contributed by atoms with van der Waals surface area (Å²) in [5.41, 5.74) is 0.748. The molecule has 0 aromatic heterocycles. The van der Waals surface area contributed by atoms with Gasteiger partial charge < -0.3 is 19.3 Å². The van der Waals surface area contributed by atoms with Gasteiger partial charge in [0.15, 0.2) is 11.6 Å². The van der Waals surface area contributed by atoms with Gasteiger partial charge in [-0.25, -0.2) is 0 Å². The first kappa shape index (κ1) is 15.3. The highest BCUT2D eigenvalue weighted by Crippen LogP contribution is 2.30. The number of rotatable bonds is 4. The van der Waals surface area contributed by atoms with Crippen LogP contribution in [0.1, 0.15) is 12.0 Å². The number of hydrogen-bond acceptors (Lipinski definition) is 5. The Morgan fingerprint density at radius 1 is 1.24 bits per heavy atom. The Labute approximate surface area is 123 Å². The fourth-order valence-corrected chi connectivity index (χ4v) is 2.18. The largest absolute Gasteiger partial charge is 0.507 e. The average molecular weight is 290 g/mol. The lowest BCUT2D eigenvalue weighted by atomic mass is 9.93. The third-order valence-electron chi connectivity index (χ3n) is 3.50. The Kier molecular flexibility index (Phi) is 4.45. The summed E-state index contributed by atoms with van der Waals surface area (Å²) in [5.74, 6) is -0.789. The number of hydrogen-bond donors (Lipinski definition) is 1. The van der Waals surface area contributed by atoms with Gasteiger partial charge >= 0.3 is 0 Å². The van der Waals surface area contributed by atoms with Crippen LogP contribution in [0.15, 0.2) is 42.0 Å². The van der Waals surface area contributed by atoms with E-state index in [1.807, 2.05) is 0 Å². The maximum Gasteiger partial charge on any atom is 0.194 e. The number of benzene rings is 1. The number of aliphatic hydroxyl groups excluding tert-OH is 1. The van der Waals surface area contributed by atoms with Crippen molar-refractivity contribution in [1.82, 2.24) is 0 Å². The molecule has 5 heteroatoms. The summed E-state index contributed by atoms with van der Waals surface area (Å²) < 4.78 is 15.5. The van der Waals surface area contributed by atoms with Crippen molar-refractivity contribution in [3.8, 4) is 5.75 Å². The molecule has 1 aromatic carbocycles. The van der Waals surface area contributed by atoms with Gasteiger partial charge in [-0.3, -0.25) is 4.79 Å². The molecule has 0 amide bonds. The summed E-state index contributed by atoms with van der Waals surface area (Å²) in [6, 6.07) is 6.88. The Morgan fingerprint density at radius 3 is 2.52 bits per heavy atom. The maximum atomic E-state index is 12.2. The number of Topliss-reactive ketones (excluding diaryl/α,β-unsaturated/α-hetero) is 1. The van der Waals surface area contributed by atoms with Crippen molar-refractivity contribution < 1.29 is 24.1 Å². The molecule has 0 bridgehead atoms. The quantitative estimate of drug-likeness (QED) is 0.524. The third kappa shape index (κ3) is 2.99. The van der Waals surface area contributed by atoms with Gasteiger partial charge in [-0.15, -0.1) is 0 Å². The molecule has 5 nitrogen and oxygen atoms in total. The van der Waals surface area contributed by atoms with Gasteiger partial charge in [0.25, 0.3) is 0 Å². The van der Waals surface area contributed by atoms with E-state index in [9.17, 15) is 9.90 Å². The van der Waals surface area contributed by atoms with Crippen molar-refractivity contribution in [2.45, 2.75) is 12.2 Å². The summed E-state index contributed by atoms with van der Waals surface area (Å²) in [7, 11) is 4.48. The molecule has 0 unspecified atom stereocenters. The molecule has 112 valence electrons. The summed E-state index contributed by atoms with van der Waals surface area (Å²) >= 11 is 0. The highest BCUT2D eigenvalue weighted by Gasteiger charge is 2.35. The van der Waals surface area contributed by atoms with Gasteiger partial charge in [0.1, 0.15) is 11.5 Å². The van der Waals surface area contributed by atoms with Crippen molar-refractivity contribution in [2.24, 2.45) is 0 Å². The van der Waals surface area contributed by atoms with Crippen LogP contribution in [-0.2, 0) is 14.3 Å². The number of carbonyl (C=O) groups is 1. The van der Waals surface area contributed by atoms with Crippen LogP contribution in [0.5, 0.6) is 5.75 Å². The predicted octanol–water partition coefficient (Wildman–Crippen LogP) is 2.48. The smallest absolute Gasteiger partial charge is 0.194 e. The molecule has 0 fully saturated rings. The maximum absolute atomic E-state index is 12.2. The van der Waals surface area contributed by atoms with Gasteiger partial charge in [0.05, 0.1) is 19.1 Å². The molecule has 0 aliphatic heterocycles. The number of carbonyl (C=O) groups excluding carboxylic acids is 1. The van der Waals surface area contributed by atoms with Gasteiger partial charge in [-0.2, -0.15) is 0 Å². The summed E-state index contributed by atoms with van der Waals surface area (Å²) in [5, 5.41) is 10.3. The van der Waals surface area contributed by atoms with Crippen LogP contribution < -0.4 is 4.74 Å². The minimum atomic E-state index is -1.06. The van der Waals surface area contributed by atoms with E-state index in [2.05, 4.69) is 0 Å². The predicted molar refractivity (Wildman–Crippen MR) is 78.1 cm³/mol. The highest BCUT2D eigenvalue weighted by atomic mass is 16.7. The van der Waals surface area contributed by atoms with Gasteiger partial charge in [-0.05, 0) is 24.3 Å². The SMILES string of the molecule is COc1cccc(C(O)=C2C=CC(OC)(OC)CC2=O)c1. The van der Waals surface area contributed by atoms with Crippen LogP contribution >= 0.6 is 0 Å². The first-order valence-electron chi connectivity index (χ1n) is 6.45. The van der Waals surface area contributed by atoms with E-state index >= 15 is 0 Å². The number of aliphatic hydroxyl groups is 1. The molecule has 2 rings (SSSR count). The van der Waals surface area contributed by atoms with Gasteiger partial charge in [0, 0.05) is 19.8 Å². The minimum absolute atomic E-state index is 0.0138. The van der Waals surface area contributed by atoms with E-state index < -0.39 is 5.79 Å². The Bertz CT molecular complexity index is 596. The topological polar surface area (TPSA) is 65.0 Å². The Morgan fingerprint density at radius 2 is 1.95 bits per heavy atom. The molecular weight excluding hydrogens is 272 g/mol. The second kappa shape index (κ2) is 6.11. The van der Waals surface area contributed by atoms with Crippen molar-refractivity contribution in [2.75, 3.05) is 21.3 Å². The van der Waals surface area contributed by atoms with Crippen molar-refractivity contribution in [1.29, 1.82) is 0 Å². The van der Waals surface area contributed by atoms with E-state index in [0.29, 0.717) is 11.3 Å². The zero-order valence-corrected chi connectivity index (χ0v) is 12.3. The molecule has 0 heterocycles. The van der Waals surface area contributed by atoms with Crippen molar-refractivity contribution in [3.05, 3.63) is 47.6 Å². The number of ketones is 1. The lowest BCUT2D eigenvalue weighted by molar-refractivity contribution is -0.178. The van der Waals surface area contributed by atoms with E-state index in [0.717, 1.165) is 0 Å². The molecular formula is C16H18O5. The standard InChI is InChI=1S/C16H18O5/c1-19-12-6-4-5-11(9-12)15(18)13-7-8-16(20-2,21-3)10-14(13)17/h4-9,18H,10H2,1-3H3. The zero-order valence-electron chi connectivity index (χ0n) is 12.3. The molecule has 1 N–H and O–H groups in total. The highest BCUT2D eigenvalue weighted by molar-refractivity contribution is 6.05. The Hall–Kier alpha value is -2.11. The summed E-state index contributed by atoms with van der Waals surface area (Å²) in [6.45, 7) is 0. The minimum Gasteiger partial charge on any atom is -0.507 e. The molecule has 0 radical (unpaired) electrons. The molecule has 1 aliphatic rings. The molecule has 21 heavy (non-hydrogen) atoms. The lowest BCUT2D eigenvalue weighted by Crippen LogP contribution is -2.37. The molecule has 1 aromatic rings. The number of allylic oxidation sites excluding steroid dienone is 2. The second-order valence-corrected chi connectivity index (χ2v) is 4.65. The number of ether oxygens (including phenoxy) is 3. The monoisotopic (exact) mass is 290 g/mol. The average Bonchev–Trinajstić information content (AvgIpc) is 2.54. The van der Waals surface area contributed by atoms with Crippen LogP contribution in [0, 0.1) is 0 Å². The van der Waals surface area contributed by atoms with Gasteiger partial charge in [0.2, 0.25) is 0 Å². The third-order valence-corrected chi connectivity index (χ3v) is 3.50.